The maximum atomic E-state index is 12.4. The monoisotopic (exact) mass is 282 g/mol. The summed E-state index contributed by atoms with van der Waals surface area (Å²) in [5.74, 6) is 0. The van der Waals surface area contributed by atoms with Crippen LogP contribution in [0, 0.1) is 0 Å². The van der Waals surface area contributed by atoms with E-state index in [1.165, 1.54) is 19.3 Å². The van der Waals surface area contributed by atoms with Crippen molar-refractivity contribution in [3.8, 4) is 0 Å². The highest BCUT2D eigenvalue weighted by atomic mass is 16.6. The summed E-state index contributed by atoms with van der Waals surface area (Å²) in [5, 5.41) is 0. The molecule has 2 N–H and O–H groups in total. The number of likely N-dealkylation sites (tertiary alicyclic amines) is 1. The van der Waals surface area contributed by atoms with Crippen LogP contribution < -0.4 is 5.73 Å². The molecule has 1 atom stereocenters. The second-order valence-corrected chi connectivity index (χ2v) is 7.60. The van der Waals surface area contributed by atoms with Crippen LogP contribution in [0.15, 0.2) is 0 Å². The van der Waals surface area contributed by atoms with E-state index < -0.39 is 5.60 Å². The summed E-state index contributed by atoms with van der Waals surface area (Å²) in [6.45, 7) is 6.58. The Kier molecular flexibility index (Phi) is 4.62. The number of hydrogen-bond acceptors (Lipinski definition) is 3. The van der Waals surface area contributed by atoms with Gasteiger partial charge in [-0.3, -0.25) is 0 Å². The van der Waals surface area contributed by atoms with Gasteiger partial charge in [-0.1, -0.05) is 12.8 Å². The number of hydrogen-bond donors (Lipinski definition) is 1. The molecular weight excluding hydrogens is 252 g/mol. The molecule has 1 saturated heterocycles. The molecule has 20 heavy (non-hydrogen) atoms. The van der Waals surface area contributed by atoms with Crippen LogP contribution in [0.4, 0.5) is 4.79 Å². The molecule has 2 rings (SSSR count). The largest absolute Gasteiger partial charge is 0.444 e. The molecule has 0 aromatic rings. The minimum absolute atomic E-state index is 0.0533. The van der Waals surface area contributed by atoms with Gasteiger partial charge in [0.2, 0.25) is 0 Å². The Labute approximate surface area is 123 Å². The van der Waals surface area contributed by atoms with E-state index in [1.54, 1.807) is 0 Å². The average Bonchev–Trinajstić information content (AvgIpc) is 2.74. The zero-order chi connectivity index (χ0) is 14.8. The molecule has 1 unspecified atom stereocenters. The zero-order valence-electron chi connectivity index (χ0n) is 13.3. The molecule has 1 aliphatic carbocycles. The van der Waals surface area contributed by atoms with Crippen molar-refractivity contribution in [3.63, 3.8) is 0 Å². The van der Waals surface area contributed by atoms with Crippen molar-refractivity contribution >= 4 is 6.09 Å². The molecular formula is C16H30N2O2. The minimum Gasteiger partial charge on any atom is -0.444 e. The number of nitrogens with zero attached hydrogens (tertiary/aromatic N) is 1. The van der Waals surface area contributed by atoms with E-state index >= 15 is 0 Å². The Morgan fingerprint density at radius 3 is 2.50 bits per heavy atom. The average molecular weight is 282 g/mol. The highest BCUT2D eigenvalue weighted by molar-refractivity contribution is 5.68. The molecule has 4 nitrogen and oxygen atoms in total. The molecule has 0 spiro atoms. The fraction of sp³-hybridized carbons (Fsp3) is 0.938. The molecule has 1 amide bonds. The van der Waals surface area contributed by atoms with Gasteiger partial charge in [0.15, 0.2) is 0 Å². The van der Waals surface area contributed by atoms with E-state index in [0.717, 1.165) is 38.6 Å². The summed E-state index contributed by atoms with van der Waals surface area (Å²) in [6.07, 6.45) is 8.78. The van der Waals surface area contributed by atoms with Crippen molar-refractivity contribution in [2.24, 2.45) is 5.73 Å². The smallest absolute Gasteiger partial charge is 0.410 e. The topological polar surface area (TPSA) is 55.6 Å². The number of carbonyl (C=O) groups excluding carboxylic acids is 1. The van der Waals surface area contributed by atoms with Crippen molar-refractivity contribution in [2.45, 2.75) is 89.3 Å². The number of rotatable bonds is 2. The standard InChI is InChI=1S/C16H30N2O2/c1-15(2,3)20-14(19)18-11-7-4-8-13(18)12-16(17)9-5-6-10-16/h13H,4-12,17H2,1-3H3. The number of carbonyl (C=O) groups is 1. The normalized spacial score (nSPS) is 26.6. The van der Waals surface area contributed by atoms with Crippen LogP contribution in [-0.4, -0.2) is 34.7 Å². The van der Waals surface area contributed by atoms with Crippen LogP contribution in [0.2, 0.25) is 0 Å². The number of piperidine rings is 1. The molecule has 2 fully saturated rings. The lowest BCUT2D eigenvalue weighted by Crippen LogP contribution is -2.51. The van der Waals surface area contributed by atoms with Gasteiger partial charge in [0.05, 0.1) is 0 Å². The first kappa shape index (κ1) is 15.6. The summed E-state index contributed by atoms with van der Waals surface area (Å²) in [7, 11) is 0. The third-order valence-electron chi connectivity index (χ3n) is 4.50. The summed E-state index contributed by atoms with van der Waals surface area (Å²) in [6, 6.07) is 0.265. The Balaban J connectivity index is 1.99. The third-order valence-corrected chi connectivity index (χ3v) is 4.50. The van der Waals surface area contributed by atoms with Crippen molar-refractivity contribution in [3.05, 3.63) is 0 Å². The molecule has 1 aliphatic heterocycles. The van der Waals surface area contributed by atoms with Gasteiger partial charge in [0.1, 0.15) is 5.60 Å². The van der Waals surface area contributed by atoms with Crippen molar-refractivity contribution in [1.29, 1.82) is 0 Å². The number of amides is 1. The van der Waals surface area contributed by atoms with Crippen LogP contribution in [0.5, 0.6) is 0 Å². The van der Waals surface area contributed by atoms with Crippen LogP contribution >= 0.6 is 0 Å². The maximum Gasteiger partial charge on any atom is 0.410 e. The second kappa shape index (κ2) is 5.92. The van der Waals surface area contributed by atoms with E-state index in [0.29, 0.717) is 0 Å². The van der Waals surface area contributed by atoms with Crippen molar-refractivity contribution in [2.75, 3.05) is 6.54 Å². The van der Waals surface area contributed by atoms with Gasteiger partial charge in [-0.25, -0.2) is 4.79 Å². The van der Waals surface area contributed by atoms with E-state index in [2.05, 4.69) is 0 Å². The predicted molar refractivity (Wildman–Crippen MR) is 80.6 cm³/mol. The van der Waals surface area contributed by atoms with Gasteiger partial charge in [-0.15, -0.1) is 0 Å². The lowest BCUT2D eigenvalue weighted by molar-refractivity contribution is 0.00619. The molecule has 0 aromatic carbocycles. The molecule has 116 valence electrons. The first-order chi connectivity index (χ1) is 9.29. The molecule has 1 saturated carbocycles. The van der Waals surface area contributed by atoms with Crippen LogP contribution in [0.1, 0.15) is 72.1 Å². The third kappa shape index (κ3) is 4.11. The Bertz CT molecular complexity index is 343. The quantitative estimate of drug-likeness (QED) is 0.844. The van der Waals surface area contributed by atoms with E-state index in [9.17, 15) is 4.79 Å². The molecule has 1 heterocycles. The molecule has 2 aliphatic rings. The maximum absolute atomic E-state index is 12.4. The van der Waals surface area contributed by atoms with Gasteiger partial charge in [0.25, 0.3) is 0 Å². The fourth-order valence-electron chi connectivity index (χ4n) is 3.53. The zero-order valence-corrected chi connectivity index (χ0v) is 13.3. The summed E-state index contributed by atoms with van der Waals surface area (Å²) in [4.78, 5) is 14.3. The summed E-state index contributed by atoms with van der Waals surface area (Å²) >= 11 is 0. The van der Waals surface area contributed by atoms with E-state index in [4.69, 9.17) is 10.5 Å². The van der Waals surface area contributed by atoms with E-state index in [-0.39, 0.29) is 17.7 Å². The van der Waals surface area contributed by atoms with Crippen LogP contribution in [0.25, 0.3) is 0 Å². The summed E-state index contributed by atoms with van der Waals surface area (Å²) in [5.41, 5.74) is 6.02. The lowest BCUT2D eigenvalue weighted by atomic mass is 9.86. The highest BCUT2D eigenvalue weighted by Gasteiger charge is 2.37. The van der Waals surface area contributed by atoms with Crippen molar-refractivity contribution in [1.82, 2.24) is 4.90 Å². The summed E-state index contributed by atoms with van der Waals surface area (Å²) < 4.78 is 5.55. The Hall–Kier alpha value is -0.770. The molecule has 4 heteroatoms. The van der Waals surface area contributed by atoms with Gasteiger partial charge in [0, 0.05) is 18.1 Å². The van der Waals surface area contributed by atoms with Gasteiger partial charge in [-0.05, 0) is 59.3 Å². The number of nitrogens with two attached hydrogens (primary N) is 1. The first-order valence-electron chi connectivity index (χ1n) is 8.08. The second-order valence-electron chi connectivity index (χ2n) is 7.60. The molecule has 0 radical (unpaired) electrons. The highest BCUT2D eigenvalue weighted by Crippen LogP contribution is 2.35. The first-order valence-corrected chi connectivity index (χ1v) is 8.08. The van der Waals surface area contributed by atoms with Gasteiger partial charge in [-0.2, -0.15) is 0 Å². The Morgan fingerprint density at radius 1 is 1.25 bits per heavy atom. The number of ether oxygens (including phenoxy) is 1. The molecule has 0 bridgehead atoms. The van der Waals surface area contributed by atoms with Gasteiger partial charge >= 0.3 is 6.09 Å². The van der Waals surface area contributed by atoms with Crippen molar-refractivity contribution < 1.29 is 9.53 Å². The Morgan fingerprint density at radius 2 is 1.90 bits per heavy atom. The SMILES string of the molecule is CC(C)(C)OC(=O)N1CCCCC1CC1(N)CCCC1. The van der Waals surface area contributed by atoms with E-state index in [1.807, 2.05) is 25.7 Å². The van der Waals surface area contributed by atoms with Crippen LogP contribution in [0.3, 0.4) is 0 Å². The van der Waals surface area contributed by atoms with Crippen LogP contribution in [-0.2, 0) is 4.74 Å². The molecule has 0 aromatic heterocycles. The minimum atomic E-state index is -0.424. The fourth-order valence-corrected chi connectivity index (χ4v) is 3.53. The lowest BCUT2D eigenvalue weighted by Gasteiger charge is -2.40. The van der Waals surface area contributed by atoms with Gasteiger partial charge < -0.3 is 15.4 Å². The predicted octanol–water partition coefficient (Wildman–Crippen LogP) is 3.44.